The van der Waals surface area contributed by atoms with E-state index in [0.717, 1.165) is 11.3 Å². The number of hydrogen-bond acceptors (Lipinski definition) is 2. The lowest BCUT2D eigenvalue weighted by Crippen LogP contribution is -2.19. The highest BCUT2D eigenvalue weighted by Crippen LogP contribution is 2.24. The van der Waals surface area contributed by atoms with Crippen molar-refractivity contribution in [3.8, 4) is 12.3 Å². The van der Waals surface area contributed by atoms with Crippen LogP contribution in [0.4, 0.5) is 5.69 Å². The molecule has 0 aliphatic heterocycles. The highest BCUT2D eigenvalue weighted by molar-refractivity contribution is 5.54. The smallest absolute Gasteiger partial charge is 0.0788 e. The minimum Gasteiger partial charge on any atom is -0.389 e. The number of anilines is 1. The Morgan fingerprint density at radius 3 is 2.71 bits per heavy atom. The zero-order valence-corrected chi connectivity index (χ0v) is 8.57. The van der Waals surface area contributed by atoms with E-state index in [1.54, 1.807) is 6.92 Å². The van der Waals surface area contributed by atoms with Crippen LogP contribution in [0.5, 0.6) is 0 Å². The summed E-state index contributed by atoms with van der Waals surface area (Å²) >= 11 is 0. The van der Waals surface area contributed by atoms with Gasteiger partial charge in [0.25, 0.3) is 0 Å². The normalized spacial score (nSPS) is 11.9. The van der Waals surface area contributed by atoms with Crippen LogP contribution in [0.1, 0.15) is 18.6 Å². The predicted octanol–water partition coefficient (Wildman–Crippen LogP) is 1.81. The van der Waals surface area contributed by atoms with E-state index in [0.29, 0.717) is 6.54 Å². The van der Waals surface area contributed by atoms with Gasteiger partial charge in [-0.2, -0.15) is 0 Å². The van der Waals surface area contributed by atoms with Gasteiger partial charge < -0.3 is 10.0 Å². The van der Waals surface area contributed by atoms with Gasteiger partial charge in [0.2, 0.25) is 0 Å². The number of nitrogens with zero attached hydrogens (tertiary/aromatic N) is 1. The van der Waals surface area contributed by atoms with E-state index in [2.05, 4.69) is 5.92 Å². The molecule has 1 rings (SSSR count). The number of aliphatic hydroxyl groups excluding tert-OH is 1. The zero-order valence-electron chi connectivity index (χ0n) is 8.57. The monoisotopic (exact) mass is 189 g/mol. The van der Waals surface area contributed by atoms with Crippen molar-refractivity contribution in [2.45, 2.75) is 13.0 Å². The number of rotatable bonds is 3. The molecule has 0 radical (unpaired) electrons. The van der Waals surface area contributed by atoms with Gasteiger partial charge in [0, 0.05) is 18.3 Å². The lowest BCUT2D eigenvalue weighted by atomic mass is 10.1. The summed E-state index contributed by atoms with van der Waals surface area (Å²) < 4.78 is 0. The second-order valence-corrected chi connectivity index (χ2v) is 3.29. The van der Waals surface area contributed by atoms with Crippen molar-refractivity contribution < 1.29 is 5.11 Å². The molecule has 0 saturated heterocycles. The lowest BCUT2D eigenvalue weighted by molar-refractivity contribution is 0.199. The van der Waals surface area contributed by atoms with Crippen LogP contribution in [0.25, 0.3) is 0 Å². The highest BCUT2D eigenvalue weighted by Gasteiger charge is 2.09. The maximum absolute atomic E-state index is 9.54. The third-order valence-corrected chi connectivity index (χ3v) is 2.13. The fourth-order valence-corrected chi connectivity index (χ4v) is 1.41. The first-order valence-corrected chi connectivity index (χ1v) is 4.58. The van der Waals surface area contributed by atoms with Gasteiger partial charge >= 0.3 is 0 Å². The van der Waals surface area contributed by atoms with Crippen molar-refractivity contribution in [3.05, 3.63) is 29.8 Å². The summed E-state index contributed by atoms with van der Waals surface area (Å²) in [5.41, 5.74) is 1.89. The second-order valence-electron chi connectivity index (χ2n) is 3.29. The van der Waals surface area contributed by atoms with E-state index in [-0.39, 0.29) is 0 Å². The molecular weight excluding hydrogens is 174 g/mol. The first-order valence-electron chi connectivity index (χ1n) is 4.58. The molecule has 1 N–H and O–H groups in total. The van der Waals surface area contributed by atoms with Gasteiger partial charge in [0.1, 0.15) is 0 Å². The quantitative estimate of drug-likeness (QED) is 0.733. The second kappa shape index (κ2) is 4.69. The fraction of sp³-hybridized carbons (Fsp3) is 0.333. The third kappa shape index (κ3) is 2.27. The molecule has 0 heterocycles. The van der Waals surface area contributed by atoms with Crippen molar-refractivity contribution in [1.82, 2.24) is 0 Å². The van der Waals surface area contributed by atoms with Crippen LogP contribution < -0.4 is 4.90 Å². The molecule has 0 aromatic heterocycles. The summed E-state index contributed by atoms with van der Waals surface area (Å²) in [5, 5.41) is 9.54. The molecule has 0 amide bonds. The van der Waals surface area contributed by atoms with E-state index < -0.39 is 6.10 Å². The number of para-hydroxylation sites is 1. The molecule has 1 aromatic carbocycles. The van der Waals surface area contributed by atoms with E-state index in [1.165, 1.54) is 0 Å². The molecule has 1 aromatic rings. The Morgan fingerprint density at radius 1 is 1.50 bits per heavy atom. The average molecular weight is 189 g/mol. The summed E-state index contributed by atoms with van der Waals surface area (Å²) in [4.78, 5) is 1.95. The van der Waals surface area contributed by atoms with Crippen molar-refractivity contribution in [1.29, 1.82) is 0 Å². The Labute approximate surface area is 85.2 Å². The molecule has 2 nitrogen and oxygen atoms in total. The summed E-state index contributed by atoms with van der Waals surface area (Å²) in [6, 6.07) is 7.72. The summed E-state index contributed by atoms with van der Waals surface area (Å²) in [5.74, 6) is 2.58. The van der Waals surface area contributed by atoms with Gasteiger partial charge in [-0.25, -0.2) is 0 Å². The largest absolute Gasteiger partial charge is 0.389 e. The molecule has 0 bridgehead atoms. The standard InChI is InChI=1S/C12H15NO/c1-4-9-13(3)12-8-6-5-7-11(12)10(2)14/h1,5-8,10,14H,9H2,2-3H3/t10-/m0/s1. The van der Waals surface area contributed by atoms with Crippen molar-refractivity contribution in [2.75, 3.05) is 18.5 Å². The molecule has 0 unspecified atom stereocenters. The summed E-state index contributed by atoms with van der Waals surface area (Å²) in [7, 11) is 1.92. The number of aliphatic hydroxyl groups is 1. The van der Waals surface area contributed by atoms with Gasteiger partial charge in [-0.05, 0) is 13.0 Å². The molecule has 74 valence electrons. The molecule has 1 atom stereocenters. The van der Waals surface area contributed by atoms with E-state index in [4.69, 9.17) is 6.42 Å². The van der Waals surface area contributed by atoms with Crippen molar-refractivity contribution >= 4 is 5.69 Å². The molecule has 2 heteroatoms. The Hall–Kier alpha value is -1.46. The van der Waals surface area contributed by atoms with Crippen LogP contribution in [0.3, 0.4) is 0 Å². The van der Waals surface area contributed by atoms with Crippen LogP contribution in [-0.2, 0) is 0 Å². The van der Waals surface area contributed by atoms with Gasteiger partial charge in [-0.3, -0.25) is 0 Å². The topological polar surface area (TPSA) is 23.5 Å². The van der Waals surface area contributed by atoms with E-state index in [9.17, 15) is 5.11 Å². The van der Waals surface area contributed by atoms with Crippen LogP contribution in [-0.4, -0.2) is 18.7 Å². The van der Waals surface area contributed by atoms with Crippen molar-refractivity contribution in [3.63, 3.8) is 0 Å². The van der Waals surface area contributed by atoms with Crippen LogP contribution in [0.15, 0.2) is 24.3 Å². The molecular formula is C12H15NO. The maximum Gasteiger partial charge on any atom is 0.0788 e. The Balaban J connectivity index is 3.01. The first-order chi connectivity index (χ1) is 6.66. The fourth-order valence-electron chi connectivity index (χ4n) is 1.41. The van der Waals surface area contributed by atoms with Crippen LogP contribution in [0, 0.1) is 12.3 Å². The molecule has 0 spiro atoms. The predicted molar refractivity (Wildman–Crippen MR) is 59.2 cm³/mol. The van der Waals surface area contributed by atoms with Gasteiger partial charge in [0.05, 0.1) is 12.6 Å². The maximum atomic E-state index is 9.54. The van der Waals surface area contributed by atoms with Gasteiger partial charge in [-0.1, -0.05) is 24.1 Å². The summed E-state index contributed by atoms with van der Waals surface area (Å²) in [6.45, 7) is 2.30. The lowest BCUT2D eigenvalue weighted by Gasteiger charge is -2.21. The highest BCUT2D eigenvalue weighted by atomic mass is 16.3. The minimum absolute atomic E-state index is 0.466. The van der Waals surface area contributed by atoms with Crippen LogP contribution >= 0.6 is 0 Å². The third-order valence-electron chi connectivity index (χ3n) is 2.13. The van der Waals surface area contributed by atoms with Crippen molar-refractivity contribution in [2.24, 2.45) is 0 Å². The van der Waals surface area contributed by atoms with Gasteiger partial charge in [0.15, 0.2) is 0 Å². The minimum atomic E-state index is -0.466. The molecule has 0 saturated carbocycles. The summed E-state index contributed by atoms with van der Waals surface area (Å²) in [6.07, 6.45) is 4.77. The number of hydrogen-bond donors (Lipinski definition) is 1. The first kappa shape index (κ1) is 10.6. The Bertz CT molecular complexity index is 338. The molecule has 0 aliphatic rings. The van der Waals surface area contributed by atoms with E-state index in [1.807, 2.05) is 36.2 Å². The molecule has 0 fully saturated rings. The Kier molecular flexibility index (Phi) is 3.55. The van der Waals surface area contributed by atoms with Crippen LogP contribution in [0.2, 0.25) is 0 Å². The number of benzene rings is 1. The average Bonchev–Trinajstić information content (AvgIpc) is 2.18. The molecule has 14 heavy (non-hydrogen) atoms. The molecule has 0 aliphatic carbocycles. The van der Waals surface area contributed by atoms with Gasteiger partial charge in [-0.15, -0.1) is 6.42 Å². The Morgan fingerprint density at radius 2 is 2.14 bits per heavy atom. The zero-order chi connectivity index (χ0) is 10.6. The SMILES string of the molecule is C#CCN(C)c1ccccc1[C@H](C)O. The van der Waals surface area contributed by atoms with E-state index >= 15 is 0 Å². The number of terminal acetylenes is 1.